The topological polar surface area (TPSA) is 72.9 Å². The van der Waals surface area contributed by atoms with Crippen molar-refractivity contribution in [1.82, 2.24) is 9.55 Å². The lowest BCUT2D eigenvalue weighted by atomic mass is 10.2. The molecule has 0 spiro atoms. The molecule has 0 saturated carbocycles. The first-order chi connectivity index (χ1) is 20.8. The number of aromatic nitrogens is 2. The number of nitrogens with two attached hydrogens (primary N) is 1. The van der Waals surface area contributed by atoms with E-state index in [0.717, 1.165) is 5.52 Å². The van der Waals surface area contributed by atoms with Crippen molar-refractivity contribution < 1.29 is 10.3 Å². The second kappa shape index (κ2) is 16.4. The van der Waals surface area contributed by atoms with Crippen molar-refractivity contribution in [1.29, 1.82) is 0 Å². The third-order valence-corrected chi connectivity index (χ3v) is 6.34. The Labute approximate surface area is 264 Å². The summed E-state index contributed by atoms with van der Waals surface area (Å²) in [6.45, 7) is -3.47. The number of hydrogen-bond acceptors (Lipinski definition) is 4. The summed E-state index contributed by atoms with van der Waals surface area (Å²) in [4.78, 5) is 13.9. The van der Waals surface area contributed by atoms with E-state index < -0.39 is 18.2 Å². The van der Waals surface area contributed by atoms with E-state index >= 15 is 0 Å². The van der Waals surface area contributed by atoms with Gasteiger partial charge in [-0.25, -0.2) is 4.98 Å². The zero-order valence-electron chi connectivity index (χ0n) is 24.9. The minimum absolute atomic E-state index is 0.0957. The normalized spacial score (nSPS) is 12.4. The largest absolute Gasteiger partial charge is 0.397 e. The van der Waals surface area contributed by atoms with Crippen molar-refractivity contribution in [3.05, 3.63) is 124 Å². The van der Waals surface area contributed by atoms with Crippen LogP contribution < -0.4 is 11.1 Å². The number of anilines is 2. The molecule has 1 aromatic heterocycles. The first-order valence-corrected chi connectivity index (χ1v) is 13.9. The highest BCUT2D eigenvalue weighted by molar-refractivity contribution is 6.67. The van der Waals surface area contributed by atoms with Gasteiger partial charge in [-0.15, -0.1) is 23.2 Å². The Morgan fingerprint density at radius 3 is 1.98 bits per heavy atom. The Kier molecular flexibility index (Phi) is 10.6. The second-order valence-corrected chi connectivity index (χ2v) is 9.77. The van der Waals surface area contributed by atoms with E-state index in [1.807, 2.05) is 24.3 Å². The van der Waals surface area contributed by atoms with Gasteiger partial charge in [-0.2, -0.15) is 0 Å². The molecule has 0 atom stereocenters. The molecule has 0 aliphatic heterocycles. The van der Waals surface area contributed by atoms with Crippen LogP contribution in [0.5, 0.6) is 0 Å². The minimum Gasteiger partial charge on any atom is -0.397 e. The number of rotatable bonds is 7. The number of nitrogen functional groups attached to an aromatic ring is 1. The molecule has 208 valence electrons. The Bertz CT molecular complexity index is 1680. The number of imidazole rings is 1. The van der Waals surface area contributed by atoms with Crippen molar-refractivity contribution in [2.75, 3.05) is 16.9 Å². The SMILES string of the molecule is O=C(Cl)CCl.[2H]C([2H])(Nc1ccccc1N)c1ccc(Cl)cc1.[2H]C([2H])(c1ccc(Cl)cc1)n1c(CCl)nc2ccccc21. The lowest BCUT2D eigenvalue weighted by Crippen LogP contribution is -2.03. The van der Waals surface area contributed by atoms with Gasteiger partial charge in [-0.1, -0.05) is 71.7 Å². The number of halogens is 5. The molecule has 0 aliphatic rings. The first kappa shape index (κ1) is 26.0. The highest BCUT2D eigenvalue weighted by Crippen LogP contribution is 2.20. The van der Waals surface area contributed by atoms with Crippen LogP contribution in [0.15, 0.2) is 97.1 Å². The molecule has 0 unspecified atom stereocenters. The van der Waals surface area contributed by atoms with Crippen LogP contribution in [0.1, 0.15) is 22.4 Å². The smallest absolute Gasteiger partial charge is 0.236 e. The molecule has 5 rings (SSSR count). The zero-order chi connectivity index (χ0) is 32.5. The summed E-state index contributed by atoms with van der Waals surface area (Å²) in [7, 11) is 0. The molecular formula is C30H27Cl5N4O. The highest BCUT2D eigenvalue weighted by atomic mass is 35.5. The molecular weight excluding hydrogens is 610 g/mol. The van der Waals surface area contributed by atoms with Crippen LogP contribution >= 0.6 is 58.0 Å². The van der Waals surface area contributed by atoms with Crippen molar-refractivity contribution in [2.45, 2.75) is 18.9 Å². The maximum Gasteiger partial charge on any atom is 0.236 e. The summed E-state index contributed by atoms with van der Waals surface area (Å²) in [6.07, 6.45) is 0. The van der Waals surface area contributed by atoms with Gasteiger partial charge >= 0.3 is 0 Å². The van der Waals surface area contributed by atoms with Crippen LogP contribution in [0.4, 0.5) is 11.4 Å². The van der Waals surface area contributed by atoms with Crippen molar-refractivity contribution in [2.24, 2.45) is 0 Å². The van der Waals surface area contributed by atoms with Crippen molar-refractivity contribution in [3.63, 3.8) is 0 Å². The van der Waals surface area contributed by atoms with Crippen LogP contribution in [0.25, 0.3) is 11.0 Å². The monoisotopic (exact) mass is 638 g/mol. The predicted octanol–water partition coefficient (Wildman–Crippen LogP) is 9.00. The van der Waals surface area contributed by atoms with Crippen LogP contribution in [-0.2, 0) is 23.7 Å². The predicted molar refractivity (Wildman–Crippen MR) is 171 cm³/mol. The van der Waals surface area contributed by atoms with Gasteiger partial charge in [-0.05, 0) is 71.3 Å². The average Bonchev–Trinajstić information content (AvgIpc) is 3.39. The molecule has 4 aromatic carbocycles. The molecule has 1 heterocycles. The molecule has 40 heavy (non-hydrogen) atoms. The molecule has 3 N–H and O–H groups in total. The Morgan fingerprint density at radius 1 is 0.850 bits per heavy atom. The van der Waals surface area contributed by atoms with Gasteiger partial charge in [0, 0.05) is 23.0 Å². The summed E-state index contributed by atoms with van der Waals surface area (Å²) in [6, 6.07) is 27.8. The minimum atomic E-state index is -1.76. The molecule has 0 bridgehead atoms. The number of carbonyl (C=O) groups excluding carboxylic acids is 1. The molecule has 5 nitrogen and oxygen atoms in total. The highest BCUT2D eigenvalue weighted by Gasteiger charge is 2.09. The molecule has 0 fully saturated rings. The van der Waals surface area contributed by atoms with Gasteiger partial charge in [0.1, 0.15) is 5.82 Å². The van der Waals surface area contributed by atoms with Crippen LogP contribution in [0.2, 0.25) is 10.0 Å². The Morgan fingerprint density at radius 2 is 1.40 bits per heavy atom. The molecule has 0 radical (unpaired) electrons. The lowest BCUT2D eigenvalue weighted by Gasteiger charge is -2.08. The number of hydrogen-bond donors (Lipinski definition) is 2. The van der Waals surface area contributed by atoms with Gasteiger partial charge in [0.15, 0.2) is 0 Å². The molecule has 10 heteroatoms. The second-order valence-electron chi connectivity index (χ2n) is 7.94. The number of fused-ring (bicyclic) bond motifs is 1. The first-order valence-electron chi connectivity index (χ1n) is 13.7. The number of carbonyl (C=O) groups is 1. The van der Waals surface area contributed by atoms with E-state index in [1.54, 1.807) is 77.4 Å². The third kappa shape index (κ3) is 9.92. The standard InChI is InChI=1S/C15H12Cl2N2.C13H13ClN2.C2H2Cl2O/c16-9-15-18-13-3-1-2-4-14(13)19(15)10-11-5-7-12(17)8-6-11;14-11-7-5-10(6-8-11)9-16-13-4-2-1-3-12(13)15;3-1-2(4)5/h1-8H,9-10H2;1-8,16H,9,15H2;1H2/i10D2;9D2;. The van der Waals surface area contributed by atoms with Gasteiger partial charge in [0.25, 0.3) is 0 Å². The Balaban J connectivity index is 0.000000211. The molecule has 0 saturated heterocycles. The number of alkyl halides is 2. The van der Waals surface area contributed by atoms with Gasteiger partial charge in [0.05, 0.1) is 39.7 Å². The Hall–Kier alpha value is -2.93. The van der Waals surface area contributed by atoms with Crippen LogP contribution in [0, 0.1) is 0 Å². The summed E-state index contributed by atoms with van der Waals surface area (Å²) in [5, 5.41) is 3.43. The van der Waals surface area contributed by atoms with Gasteiger partial charge < -0.3 is 15.6 Å². The molecule has 5 aromatic rings. The van der Waals surface area contributed by atoms with Crippen molar-refractivity contribution >= 4 is 85.7 Å². The van der Waals surface area contributed by atoms with Gasteiger partial charge in [0.2, 0.25) is 5.24 Å². The lowest BCUT2D eigenvalue weighted by molar-refractivity contribution is -0.109. The van der Waals surface area contributed by atoms with Gasteiger partial charge in [-0.3, -0.25) is 4.79 Å². The van der Waals surface area contributed by atoms with E-state index in [-0.39, 0.29) is 11.8 Å². The number of nitrogens with zero attached hydrogens (tertiary/aromatic N) is 2. The average molecular weight is 641 g/mol. The van der Waals surface area contributed by atoms with E-state index in [2.05, 4.69) is 10.3 Å². The zero-order valence-corrected chi connectivity index (χ0v) is 24.7. The summed E-state index contributed by atoms with van der Waals surface area (Å²) in [5.41, 5.74) is 9.30. The third-order valence-electron chi connectivity index (χ3n) is 5.09. The van der Waals surface area contributed by atoms with E-state index in [4.69, 9.17) is 69.2 Å². The molecule has 0 amide bonds. The van der Waals surface area contributed by atoms with Crippen molar-refractivity contribution in [3.8, 4) is 0 Å². The van der Waals surface area contributed by atoms with E-state index in [9.17, 15) is 4.79 Å². The summed E-state index contributed by atoms with van der Waals surface area (Å²) < 4.78 is 34.6. The number of para-hydroxylation sites is 4. The van der Waals surface area contributed by atoms with E-state index in [1.165, 1.54) is 0 Å². The fourth-order valence-corrected chi connectivity index (χ4v) is 3.66. The summed E-state index contributed by atoms with van der Waals surface area (Å²) >= 11 is 27.2. The van der Waals surface area contributed by atoms with Crippen LogP contribution in [-0.4, -0.2) is 20.7 Å². The molecule has 0 aliphatic carbocycles. The quantitative estimate of drug-likeness (QED) is 0.106. The van der Waals surface area contributed by atoms with E-state index in [0.29, 0.717) is 43.9 Å². The number of nitrogens with one attached hydrogen (secondary N) is 1. The summed E-state index contributed by atoms with van der Waals surface area (Å²) in [5.74, 6) is 0.543. The maximum absolute atomic E-state index is 9.45. The van der Waals surface area contributed by atoms with Crippen LogP contribution in [0.3, 0.4) is 0 Å². The fourth-order valence-electron chi connectivity index (χ4n) is 3.23. The number of benzene rings is 4. The fraction of sp³-hybridized carbons (Fsp3) is 0.133. The maximum atomic E-state index is 9.45.